The minimum atomic E-state index is -0.403. The van der Waals surface area contributed by atoms with Crippen molar-refractivity contribution in [1.82, 2.24) is 0 Å². The molecule has 0 aromatic heterocycles. The van der Waals surface area contributed by atoms with Crippen molar-refractivity contribution in [3.8, 4) is 0 Å². The molecule has 0 amide bonds. The average molecular weight is 60.9 g/mol. The summed E-state index contributed by atoms with van der Waals surface area (Å²) in [5.41, 5.74) is 4.65. The maximum atomic E-state index is 10.6. The molecule has 0 unspecified atom stereocenters. The summed E-state index contributed by atoms with van der Waals surface area (Å²) in [7, 11) is -0.403. The van der Waals surface area contributed by atoms with E-state index in [-0.39, 0.29) is 6.44 Å². The maximum Gasteiger partial charge on any atom is 0.345 e. The predicted octanol–water partition coefficient (Wildman–Crippen LogP) is -0.776. The first-order valence-corrected chi connectivity index (χ1v) is 1.18. The Kier molecular flexibility index (Phi) is 2.92. The number of hydrogen-bond acceptors (Lipinski definition) is 1. The van der Waals surface area contributed by atoms with Crippen LogP contribution in [0.5, 0.6) is 0 Å². The van der Waals surface area contributed by atoms with E-state index in [0.717, 1.165) is 0 Å². The van der Waals surface area contributed by atoms with Gasteiger partial charge in [-0.3, -0.25) is 0 Å². The van der Waals surface area contributed by atoms with Crippen LogP contribution in [-0.4, -0.2) is 14.0 Å². The number of nitrogens with two attached hydrogens (primary N) is 1. The molecular formula is CH5BFN. The predicted molar refractivity (Wildman–Crippen MR) is 17.3 cm³/mol. The fourth-order valence-corrected chi connectivity index (χ4v) is 0. The van der Waals surface area contributed by atoms with Crippen LogP contribution in [0.1, 0.15) is 0 Å². The van der Waals surface area contributed by atoms with E-state index >= 15 is 0 Å². The van der Waals surface area contributed by atoms with Crippen LogP contribution in [0.15, 0.2) is 0 Å². The summed E-state index contributed by atoms with van der Waals surface area (Å²) in [5.74, 6) is 0. The van der Waals surface area contributed by atoms with Crippen LogP contribution >= 0.6 is 0 Å². The molecule has 24 valence electrons. The minimum absolute atomic E-state index is 0.153. The van der Waals surface area contributed by atoms with Crippen molar-refractivity contribution in [3.63, 3.8) is 0 Å². The smallest absolute Gasteiger partial charge is 0.340 e. The lowest BCUT2D eigenvalue weighted by atomic mass is 10.1. The normalized spacial score (nSPS) is 6.50. The summed E-state index contributed by atoms with van der Waals surface area (Å²) >= 11 is 0. The van der Waals surface area contributed by atoms with Gasteiger partial charge in [-0.15, -0.1) is 0 Å². The van der Waals surface area contributed by atoms with Crippen molar-refractivity contribution >= 4 is 7.56 Å². The fraction of sp³-hybridized carbons (Fsp3) is 1.00. The molecule has 0 heterocycles. The Morgan fingerprint density at radius 1 is 2.00 bits per heavy atom. The van der Waals surface area contributed by atoms with Crippen LogP contribution < -0.4 is 5.73 Å². The molecule has 1 nitrogen and oxygen atoms in total. The van der Waals surface area contributed by atoms with Crippen molar-refractivity contribution in [2.24, 2.45) is 5.73 Å². The van der Waals surface area contributed by atoms with E-state index in [1.54, 1.807) is 0 Å². The first-order chi connectivity index (χ1) is 1.91. The molecule has 0 aromatic carbocycles. The lowest BCUT2D eigenvalue weighted by molar-refractivity contribution is 0.861. The molecule has 0 atom stereocenters. The van der Waals surface area contributed by atoms with Gasteiger partial charge in [-0.2, -0.15) is 0 Å². The Morgan fingerprint density at radius 3 is 2.25 bits per heavy atom. The summed E-state index contributed by atoms with van der Waals surface area (Å²) in [4.78, 5) is 0. The van der Waals surface area contributed by atoms with Crippen molar-refractivity contribution in [3.05, 3.63) is 0 Å². The van der Waals surface area contributed by atoms with Gasteiger partial charge in [0.1, 0.15) is 0 Å². The van der Waals surface area contributed by atoms with Gasteiger partial charge < -0.3 is 10.0 Å². The zero-order valence-corrected chi connectivity index (χ0v) is 2.37. The average Bonchev–Trinajstić information content (AvgIpc) is 1.37. The first kappa shape index (κ1) is 3.95. The topological polar surface area (TPSA) is 26.0 Å². The van der Waals surface area contributed by atoms with Gasteiger partial charge in [0.25, 0.3) is 0 Å². The van der Waals surface area contributed by atoms with Crippen LogP contribution in [0, 0.1) is 0 Å². The second-order valence-corrected chi connectivity index (χ2v) is 0.478. The van der Waals surface area contributed by atoms with Gasteiger partial charge >= 0.3 is 7.56 Å². The Bertz CT molecular complexity index is 10.0. The zero-order chi connectivity index (χ0) is 3.41. The third kappa shape index (κ3) is 1.95. The monoisotopic (exact) mass is 61.0 g/mol. The van der Waals surface area contributed by atoms with E-state index in [9.17, 15) is 4.32 Å². The Hall–Kier alpha value is -0.0451. The highest BCUT2D eigenvalue weighted by Crippen LogP contribution is 1.43. The summed E-state index contributed by atoms with van der Waals surface area (Å²) in [6.45, 7) is 0. The maximum absolute atomic E-state index is 10.6. The molecule has 3 heteroatoms. The SMILES string of the molecule is NCBF. The third-order valence-electron chi connectivity index (χ3n) is 0.109. The van der Waals surface area contributed by atoms with Gasteiger partial charge in [-0.25, -0.2) is 0 Å². The molecule has 2 N–H and O–H groups in total. The molecule has 0 saturated carbocycles. The number of rotatable bonds is 1. The van der Waals surface area contributed by atoms with Crippen LogP contribution in [0.2, 0.25) is 0 Å². The largest absolute Gasteiger partial charge is 0.345 e. The fourth-order valence-electron chi connectivity index (χ4n) is 0. The summed E-state index contributed by atoms with van der Waals surface area (Å²) in [5, 5.41) is 0. The Balaban J connectivity index is 1.97. The lowest BCUT2D eigenvalue weighted by Gasteiger charge is -1.62. The van der Waals surface area contributed by atoms with Gasteiger partial charge in [0.2, 0.25) is 0 Å². The standard InChI is InChI=1S/CH5BFN/c3-2-1-4/h2H,1,4H2. The summed E-state index contributed by atoms with van der Waals surface area (Å²) < 4.78 is 10.6. The molecule has 0 spiro atoms. The molecule has 0 aliphatic heterocycles. The molecule has 0 aliphatic carbocycles. The van der Waals surface area contributed by atoms with Crippen molar-refractivity contribution < 1.29 is 4.32 Å². The molecule has 0 aliphatic rings. The van der Waals surface area contributed by atoms with Crippen molar-refractivity contribution in [1.29, 1.82) is 0 Å². The summed E-state index contributed by atoms with van der Waals surface area (Å²) in [6, 6.07) is 0. The Morgan fingerprint density at radius 2 is 2.25 bits per heavy atom. The van der Waals surface area contributed by atoms with E-state index in [1.807, 2.05) is 0 Å². The van der Waals surface area contributed by atoms with E-state index < -0.39 is 7.56 Å². The van der Waals surface area contributed by atoms with E-state index in [2.05, 4.69) is 5.73 Å². The molecule has 0 bridgehead atoms. The third-order valence-corrected chi connectivity index (χ3v) is 0.109. The zero-order valence-electron chi connectivity index (χ0n) is 2.37. The first-order valence-electron chi connectivity index (χ1n) is 1.18. The summed E-state index contributed by atoms with van der Waals surface area (Å²) in [6.07, 6.45) is 0.153. The van der Waals surface area contributed by atoms with Gasteiger partial charge in [0.05, 0.1) is 0 Å². The second-order valence-electron chi connectivity index (χ2n) is 0.478. The van der Waals surface area contributed by atoms with Crippen LogP contribution in [0.3, 0.4) is 0 Å². The second kappa shape index (κ2) is 2.95. The van der Waals surface area contributed by atoms with Crippen LogP contribution in [0.25, 0.3) is 0 Å². The lowest BCUT2D eigenvalue weighted by Crippen LogP contribution is -2.02. The minimum Gasteiger partial charge on any atom is -0.340 e. The van der Waals surface area contributed by atoms with Gasteiger partial charge in [0.15, 0.2) is 0 Å². The quantitative estimate of drug-likeness (QED) is 0.395. The molecule has 4 heavy (non-hydrogen) atoms. The molecular weight excluding hydrogens is 55.8 g/mol. The van der Waals surface area contributed by atoms with Crippen molar-refractivity contribution in [2.75, 3.05) is 6.44 Å². The van der Waals surface area contributed by atoms with E-state index in [4.69, 9.17) is 0 Å². The van der Waals surface area contributed by atoms with E-state index in [1.165, 1.54) is 0 Å². The van der Waals surface area contributed by atoms with Gasteiger partial charge in [0, 0.05) is 6.44 Å². The van der Waals surface area contributed by atoms with E-state index in [0.29, 0.717) is 0 Å². The highest BCUT2D eigenvalue weighted by atomic mass is 19.1. The molecule has 0 radical (unpaired) electrons. The molecule has 0 saturated heterocycles. The van der Waals surface area contributed by atoms with Crippen LogP contribution in [0.4, 0.5) is 4.32 Å². The highest BCUT2D eigenvalue weighted by molar-refractivity contribution is 6.26. The molecule has 0 aromatic rings. The number of hydrogen-bond donors (Lipinski definition) is 1. The molecule has 0 rings (SSSR count). The number of halogens is 1. The Labute approximate surface area is 25.3 Å². The highest BCUT2D eigenvalue weighted by Gasteiger charge is 1.68. The molecule has 0 fully saturated rings. The van der Waals surface area contributed by atoms with Gasteiger partial charge in [-0.1, -0.05) is 0 Å². The van der Waals surface area contributed by atoms with Crippen LogP contribution in [-0.2, 0) is 0 Å². The van der Waals surface area contributed by atoms with Gasteiger partial charge in [-0.05, 0) is 0 Å². The van der Waals surface area contributed by atoms with Crippen molar-refractivity contribution in [2.45, 2.75) is 0 Å².